The first-order chi connectivity index (χ1) is 38.9. The van der Waals surface area contributed by atoms with Gasteiger partial charge in [0, 0.05) is 79.1 Å². The molecule has 0 spiro atoms. The number of fused-ring (bicyclic) bond motifs is 8. The van der Waals surface area contributed by atoms with Crippen LogP contribution in [0.1, 0.15) is 33.8 Å². The third kappa shape index (κ3) is 9.86. The molecule has 3 aromatic heterocycles. The number of benzene rings is 8. The van der Waals surface area contributed by atoms with E-state index in [1.165, 1.54) is 0 Å². The van der Waals surface area contributed by atoms with Gasteiger partial charge in [-0.2, -0.15) is 4.98 Å². The Morgan fingerprint density at radius 2 is 0.575 bits per heavy atom. The number of rotatable bonds is 8. The molecule has 80 heavy (non-hydrogen) atoms. The third-order valence-corrected chi connectivity index (χ3v) is 15.8. The van der Waals surface area contributed by atoms with Gasteiger partial charge in [-0.05, 0) is 136 Å². The Labute approximate surface area is 498 Å². The van der Waals surface area contributed by atoms with Crippen LogP contribution < -0.4 is 0 Å². The Kier molecular flexibility index (Phi) is 13.9. The molecule has 0 amide bonds. The van der Waals surface area contributed by atoms with E-state index in [9.17, 15) is 0 Å². The number of aromatic nitrogens is 7. The number of H-pyrrole nitrogens is 2. The second-order valence-corrected chi connectivity index (χ2v) is 22.2. The zero-order valence-corrected chi connectivity index (χ0v) is 47.2. The molecule has 16 heteroatoms. The summed E-state index contributed by atoms with van der Waals surface area (Å²) in [5, 5.41) is 13.9. The predicted octanol–water partition coefficient (Wildman–Crippen LogP) is 20.2. The molecule has 0 atom stereocenters. The van der Waals surface area contributed by atoms with Gasteiger partial charge in [-0.1, -0.05) is 190 Å². The van der Waals surface area contributed by atoms with Crippen LogP contribution in [0.15, 0.2) is 199 Å². The molecule has 11 aromatic rings. The summed E-state index contributed by atoms with van der Waals surface area (Å²) in [4.78, 5) is 29.1. The van der Waals surface area contributed by atoms with E-state index in [0.29, 0.717) is 96.3 Å². The lowest BCUT2D eigenvalue weighted by Gasteiger charge is -2.15. The molecule has 0 saturated heterocycles. The molecular weight excluding hydrogens is 1160 g/mol. The van der Waals surface area contributed by atoms with Gasteiger partial charge in [-0.3, -0.25) is 0 Å². The number of nitrogens with one attached hydrogen (secondary N) is 2. The second-order valence-electron chi connectivity index (χ2n) is 18.7. The van der Waals surface area contributed by atoms with Crippen LogP contribution in [0.3, 0.4) is 0 Å². The summed E-state index contributed by atoms with van der Waals surface area (Å²) in [6.07, 6.45) is 0. The zero-order valence-electron chi connectivity index (χ0n) is 41.2. The van der Waals surface area contributed by atoms with Gasteiger partial charge in [-0.25, -0.2) is 15.0 Å². The number of aliphatic imine (C=N–C) groups is 1. The molecular formula is C64H34Cl8N8. The molecule has 8 nitrogen and oxygen atoms in total. The van der Waals surface area contributed by atoms with Crippen LogP contribution in [0, 0.1) is 0 Å². The van der Waals surface area contributed by atoms with Crippen LogP contribution in [0.5, 0.6) is 0 Å². The van der Waals surface area contributed by atoms with Gasteiger partial charge in [0.15, 0.2) is 5.65 Å². The number of aromatic amines is 2. The summed E-state index contributed by atoms with van der Waals surface area (Å²) in [5.74, 6) is 0.233. The maximum Gasteiger partial charge on any atom is 0.254 e. The summed E-state index contributed by atoms with van der Waals surface area (Å²) in [5.41, 5.74) is 15.0. The van der Waals surface area contributed by atoms with Gasteiger partial charge in [0.25, 0.3) is 11.7 Å². The Balaban J connectivity index is 1.37. The van der Waals surface area contributed by atoms with E-state index in [1.54, 1.807) is 0 Å². The highest BCUT2D eigenvalue weighted by molar-refractivity contribution is 6.34. The average Bonchev–Trinajstić information content (AvgIpc) is 4.29. The van der Waals surface area contributed by atoms with Gasteiger partial charge in [-0.15, -0.1) is 10.2 Å². The molecule has 8 aromatic carbocycles. The first kappa shape index (κ1) is 51.8. The van der Waals surface area contributed by atoms with Gasteiger partial charge < -0.3 is 9.97 Å². The lowest BCUT2D eigenvalue weighted by molar-refractivity contribution is 1.10. The molecule has 5 heterocycles. The summed E-state index contributed by atoms with van der Waals surface area (Å²) in [6, 6.07) is 61.3. The average molecular weight is 1200 g/mol. The van der Waals surface area contributed by atoms with Crippen molar-refractivity contribution in [3.05, 3.63) is 268 Å². The van der Waals surface area contributed by atoms with Crippen molar-refractivity contribution in [2.24, 2.45) is 4.99 Å². The van der Waals surface area contributed by atoms with Crippen molar-refractivity contribution in [2.75, 3.05) is 0 Å². The van der Waals surface area contributed by atoms with Crippen molar-refractivity contribution in [1.82, 2.24) is 35.1 Å². The lowest BCUT2D eigenvalue weighted by Crippen LogP contribution is -2.03. The first-order valence-corrected chi connectivity index (χ1v) is 27.8. The van der Waals surface area contributed by atoms with Crippen molar-refractivity contribution in [1.29, 1.82) is 0 Å². The SMILES string of the molecule is Clc1ccc(C2=Nc3nc2c(-c2ccc(Cl)cc2)c2[nH]c(c(-c4ccc(Cl)cc4)c4nc(c(-c5ccc(Cl)cc5)c5nnc(n3)[nH]5)C(c3ccc(Cl)cc3)=C4c3ccc(Cl)cc3)c(-c3ccc(Cl)cc3)c2-c2ccc(Cl)cc2)cc1. The van der Waals surface area contributed by atoms with Crippen molar-refractivity contribution >= 4 is 138 Å². The minimum Gasteiger partial charge on any atom is -0.353 e. The van der Waals surface area contributed by atoms with E-state index in [4.69, 9.17) is 118 Å². The van der Waals surface area contributed by atoms with E-state index in [2.05, 4.69) is 15.1 Å². The minimum absolute atomic E-state index is 0.103. The van der Waals surface area contributed by atoms with Gasteiger partial charge in [0.05, 0.1) is 28.0 Å². The van der Waals surface area contributed by atoms with Crippen molar-refractivity contribution in [2.45, 2.75) is 0 Å². The van der Waals surface area contributed by atoms with Crippen molar-refractivity contribution in [3.8, 4) is 55.6 Å². The minimum atomic E-state index is 0.103. The normalized spacial score (nSPS) is 12.3. The highest BCUT2D eigenvalue weighted by Crippen LogP contribution is 2.52. The molecule has 2 N–H and O–H groups in total. The van der Waals surface area contributed by atoms with Crippen LogP contribution >= 0.6 is 92.8 Å². The van der Waals surface area contributed by atoms with Gasteiger partial charge in [0.1, 0.15) is 11.4 Å². The molecule has 8 bridgehead atoms. The predicted molar refractivity (Wildman–Crippen MR) is 331 cm³/mol. The van der Waals surface area contributed by atoms with Crippen LogP contribution in [0.2, 0.25) is 40.2 Å². The Morgan fingerprint density at radius 3 is 0.963 bits per heavy atom. The molecule has 0 radical (unpaired) electrons. The molecule has 0 saturated carbocycles. The summed E-state index contributed by atoms with van der Waals surface area (Å²) < 4.78 is 0. The summed E-state index contributed by atoms with van der Waals surface area (Å²) in [6.45, 7) is 0. The Hall–Kier alpha value is -7.60. The Bertz CT molecular complexity index is 4480. The largest absolute Gasteiger partial charge is 0.353 e. The third-order valence-electron chi connectivity index (χ3n) is 13.8. The summed E-state index contributed by atoms with van der Waals surface area (Å²) >= 11 is 53.8. The maximum atomic E-state index is 6.83. The highest BCUT2D eigenvalue weighted by atomic mass is 35.5. The molecule has 386 valence electrons. The number of hydrogen-bond acceptors (Lipinski definition) is 6. The molecule has 13 rings (SSSR count). The maximum absolute atomic E-state index is 6.83. The van der Waals surface area contributed by atoms with E-state index < -0.39 is 0 Å². The van der Waals surface area contributed by atoms with Crippen molar-refractivity contribution < 1.29 is 0 Å². The zero-order chi connectivity index (χ0) is 54.8. The van der Waals surface area contributed by atoms with E-state index >= 15 is 0 Å². The molecule has 2 aliphatic rings. The molecule has 0 fully saturated rings. The topological polar surface area (TPSA) is 108 Å². The fraction of sp³-hybridized carbons (Fsp3) is 0. The fourth-order valence-electron chi connectivity index (χ4n) is 10.2. The molecule has 0 aliphatic carbocycles. The number of hydrogen-bond donors (Lipinski definition) is 2. The van der Waals surface area contributed by atoms with E-state index in [-0.39, 0.29) is 11.7 Å². The van der Waals surface area contributed by atoms with E-state index in [1.807, 2.05) is 194 Å². The number of halogens is 8. The molecule has 2 aliphatic heterocycles. The highest BCUT2D eigenvalue weighted by Gasteiger charge is 2.33. The fourth-order valence-corrected chi connectivity index (χ4v) is 11.2. The first-order valence-electron chi connectivity index (χ1n) is 24.8. The van der Waals surface area contributed by atoms with Crippen LogP contribution in [-0.4, -0.2) is 40.8 Å². The standard InChI is InChI=1S/C64H34Cl8N8/c65-41-17-1-33(2-18-41)49-50(34-3-19-42(66)20-4-34)59-54(38-11-27-46(70)28-12-38)61-56(40-15-31-48(72)32-16-40)75-63(76-61)78-64-77-62(79-80-64)55(39-13-29-47(71)30-14-39)60-52(36-7-23-44(68)24-8-36)51(35-5-21-43(67)22-6-35)58(74-60)53(57(49)73-59)37-9-25-45(69)26-10-37/h1-32,73H,(H,75,76,77,78,79,80). The number of nitrogens with zero attached hydrogens (tertiary/aromatic N) is 6. The van der Waals surface area contributed by atoms with Crippen LogP contribution in [-0.2, 0) is 0 Å². The van der Waals surface area contributed by atoms with Crippen LogP contribution in [0.25, 0.3) is 89.2 Å². The van der Waals surface area contributed by atoms with E-state index in [0.717, 1.165) is 66.8 Å². The molecule has 0 unspecified atom stereocenters. The second kappa shape index (κ2) is 21.5. The van der Waals surface area contributed by atoms with Gasteiger partial charge >= 0.3 is 0 Å². The van der Waals surface area contributed by atoms with Crippen LogP contribution in [0.4, 0.5) is 5.95 Å². The Morgan fingerprint density at radius 1 is 0.263 bits per heavy atom. The smallest absolute Gasteiger partial charge is 0.254 e. The lowest BCUT2D eigenvalue weighted by atomic mass is 9.87. The quantitative estimate of drug-likeness (QED) is 0.158. The summed E-state index contributed by atoms with van der Waals surface area (Å²) in [7, 11) is 0. The van der Waals surface area contributed by atoms with Crippen molar-refractivity contribution in [3.63, 3.8) is 0 Å². The van der Waals surface area contributed by atoms with Gasteiger partial charge in [0.2, 0.25) is 0 Å². The monoisotopic (exact) mass is 1190 g/mol.